The zero-order valence-electron chi connectivity index (χ0n) is 9.75. The quantitative estimate of drug-likeness (QED) is 0.801. The summed E-state index contributed by atoms with van der Waals surface area (Å²) in [5, 5.41) is 13.9. The van der Waals surface area contributed by atoms with Gasteiger partial charge in [-0.2, -0.15) is 0 Å². The van der Waals surface area contributed by atoms with E-state index in [1.165, 1.54) is 18.1 Å². The Bertz CT molecular complexity index is 567. The highest BCUT2D eigenvalue weighted by Crippen LogP contribution is 2.38. The van der Waals surface area contributed by atoms with Gasteiger partial charge in [0.05, 0.1) is 6.04 Å². The second-order valence-corrected chi connectivity index (χ2v) is 5.35. The van der Waals surface area contributed by atoms with E-state index < -0.39 is 0 Å². The van der Waals surface area contributed by atoms with E-state index in [2.05, 4.69) is 25.5 Å². The van der Waals surface area contributed by atoms with E-state index in [1.807, 2.05) is 11.6 Å². The Hall–Kier alpha value is -1.21. The third kappa shape index (κ3) is 2.20. The lowest BCUT2D eigenvalue weighted by molar-refractivity contribution is 0.565. The number of tetrazole rings is 1. The summed E-state index contributed by atoms with van der Waals surface area (Å²) in [6.07, 6.45) is 4.54. The lowest BCUT2D eigenvalue weighted by Crippen LogP contribution is -2.00. The van der Waals surface area contributed by atoms with Crippen LogP contribution in [-0.2, 0) is 6.42 Å². The molecule has 0 amide bonds. The van der Waals surface area contributed by atoms with Crippen LogP contribution in [0.5, 0.6) is 0 Å². The fourth-order valence-corrected chi connectivity index (χ4v) is 2.96. The molecule has 0 radical (unpaired) electrons. The summed E-state index contributed by atoms with van der Waals surface area (Å²) in [5.41, 5.74) is 0.939. The molecule has 0 bridgehead atoms. The number of aromatic nitrogens is 6. The normalized spacial score (nSPS) is 15.0. The minimum absolute atomic E-state index is 0.449. The van der Waals surface area contributed by atoms with E-state index in [-0.39, 0.29) is 0 Å². The summed E-state index contributed by atoms with van der Waals surface area (Å²) in [5.74, 6) is 0. The molecule has 2 heterocycles. The molecule has 6 nitrogen and oxygen atoms in total. The van der Waals surface area contributed by atoms with Gasteiger partial charge in [-0.1, -0.05) is 18.5 Å². The highest BCUT2D eigenvalue weighted by Gasteiger charge is 2.28. The van der Waals surface area contributed by atoms with Crippen LogP contribution >= 0.6 is 23.4 Å². The van der Waals surface area contributed by atoms with Crippen molar-refractivity contribution in [2.24, 2.45) is 0 Å². The molecule has 1 saturated carbocycles. The molecule has 94 valence electrons. The van der Waals surface area contributed by atoms with Crippen molar-refractivity contribution in [1.29, 1.82) is 0 Å². The minimum Gasteiger partial charge on any atom is -0.229 e. The SMILES string of the molecule is CCc1c(Cl)ncnc1Sc1nnnn1C1CC1. The Morgan fingerprint density at radius 2 is 2.28 bits per heavy atom. The van der Waals surface area contributed by atoms with Crippen molar-refractivity contribution in [2.45, 2.75) is 42.4 Å². The molecule has 2 aromatic heterocycles. The van der Waals surface area contributed by atoms with Crippen LogP contribution < -0.4 is 0 Å². The monoisotopic (exact) mass is 282 g/mol. The van der Waals surface area contributed by atoms with Gasteiger partial charge in [0.1, 0.15) is 16.5 Å². The van der Waals surface area contributed by atoms with Crippen molar-refractivity contribution in [3.8, 4) is 0 Å². The largest absolute Gasteiger partial charge is 0.229 e. The van der Waals surface area contributed by atoms with E-state index in [0.29, 0.717) is 11.2 Å². The highest BCUT2D eigenvalue weighted by molar-refractivity contribution is 7.99. The van der Waals surface area contributed by atoms with Gasteiger partial charge in [-0.15, -0.1) is 5.10 Å². The summed E-state index contributed by atoms with van der Waals surface area (Å²) in [7, 11) is 0. The van der Waals surface area contributed by atoms with E-state index in [4.69, 9.17) is 11.6 Å². The van der Waals surface area contributed by atoms with Gasteiger partial charge in [0, 0.05) is 5.56 Å². The molecule has 2 aromatic rings. The predicted molar refractivity (Wildman–Crippen MR) is 66.6 cm³/mol. The maximum Gasteiger partial charge on any atom is 0.215 e. The molecule has 1 aliphatic rings. The molecule has 8 heteroatoms. The van der Waals surface area contributed by atoms with Crippen LogP contribution in [-0.4, -0.2) is 30.2 Å². The van der Waals surface area contributed by atoms with Gasteiger partial charge in [-0.3, -0.25) is 0 Å². The molecule has 0 aliphatic heterocycles. The summed E-state index contributed by atoms with van der Waals surface area (Å²) < 4.78 is 1.86. The van der Waals surface area contributed by atoms with Crippen molar-refractivity contribution >= 4 is 23.4 Å². The minimum atomic E-state index is 0.449. The van der Waals surface area contributed by atoms with Crippen LogP contribution in [0.25, 0.3) is 0 Å². The molecule has 0 atom stereocenters. The zero-order chi connectivity index (χ0) is 12.5. The number of hydrogen-bond acceptors (Lipinski definition) is 6. The van der Waals surface area contributed by atoms with Gasteiger partial charge in [0.15, 0.2) is 0 Å². The van der Waals surface area contributed by atoms with E-state index in [1.54, 1.807) is 0 Å². The van der Waals surface area contributed by atoms with Gasteiger partial charge >= 0.3 is 0 Å². The zero-order valence-corrected chi connectivity index (χ0v) is 11.3. The maximum absolute atomic E-state index is 6.06. The van der Waals surface area contributed by atoms with Crippen molar-refractivity contribution in [2.75, 3.05) is 0 Å². The first kappa shape index (κ1) is 11.9. The molecule has 18 heavy (non-hydrogen) atoms. The number of hydrogen-bond donors (Lipinski definition) is 0. The Labute approximate surface area is 113 Å². The maximum atomic E-state index is 6.06. The summed E-state index contributed by atoms with van der Waals surface area (Å²) in [4.78, 5) is 8.26. The van der Waals surface area contributed by atoms with Gasteiger partial charge in [0.25, 0.3) is 0 Å². The van der Waals surface area contributed by atoms with Crippen LogP contribution in [0.3, 0.4) is 0 Å². The average molecular weight is 283 g/mol. The van der Waals surface area contributed by atoms with Crippen molar-refractivity contribution in [1.82, 2.24) is 30.2 Å². The van der Waals surface area contributed by atoms with Crippen LogP contribution in [0.4, 0.5) is 0 Å². The third-order valence-corrected chi connectivity index (χ3v) is 4.07. The van der Waals surface area contributed by atoms with Crippen LogP contribution in [0, 0.1) is 0 Å². The third-order valence-electron chi connectivity index (χ3n) is 2.75. The fourth-order valence-electron chi connectivity index (χ4n) is 1.65. The topological polar surface area (TPSA) is 69.4 Å². The highest BCUT2D eigenvalue weighted by atomic mass is 35.5. The number of halogens is 1. The smallest absolute Gasteiger partial charge is 0.215 e. The first-order valence-electron chi connectivity index (χ1n) is 5.74. The Morgan fingerprint density at radius 1 is 1.44 bits per heavy atom. The molecule has 0 spiro atoms. The predicted octanol–water partition coefficient (Wildman–Crippen LogP) is 2.17. The van der Waals surface area contributed by atoms with Gasteiger partial charge in [-0.25, -0.2) is 14.6 Å². The van der Waals surface area contributed by atoms with Crippen LogP contribution in [0.1, 0.15) is 31.4 Å². The van der Waals surface area contributed by atoms with E-state index in [0.717, 1.165) is 35.0 Å². The molecule has 0 saturated heterocycles. The van der Waals surface area contributed by atoms with E-state index >= 15 is 0 Å². The Kier molecular flexibility index (Phi) is 3.17. The Balaban J connectivity index is 1.92. The van der Waals surface area contributed by atoms with Crippen LogP contribution in [0.2, 0.25) is 5.15 Å². The first-order chi connectivity index (χ1) is 8.79. The molecule has 0 N–H and O–H groups in total. The summed E-state index contributed by atoms with van der Waals surface area (Å²) >= 11 is 7.51. The van der Waals surface area contributed by atoms with Gasteiger partial charge in [-0.05, 0) is 41.5 Å². The second kappa shape index (κ2) is 4.81. The van der Waals surface area contributed by atoms with Gasteiger partial charge in [0.2, 0.25) is 5.16 Å². The van der Waals surface area contributed by atoms with E-state index in [9.17, 15) is 0 Å². The van der Waals surface area contributed by atoms with Crippen LogP contribution in [0.15, 0.2) is 16.5 Å². The van der Waals surface area contributed by atoms with Crippen molar-refractivity contribution < 1.29 is 0 Å². The number of nitrogens with zero attached hydrogens (tertiary/aromatic N) is 6. The van der Waals surface area contributed by atoms with Gasteiger partial charge < -0.3 is 0 Å². The molecule has 0 aromatic carbocycles. The lowest BCUT2D eigenvalue weighted by atomic mass is 10.3. The standard InChI is InChI=1S/C10H11ClN6S/c1-2-7-8(11)12-5-13-9(7)18-10-14-15-16-17(10)6-3-4-6/h5-6H,2-4H2,1H3. The lowest BCUT2D eigenvalue weighted by Gasteiger charge is -2.06. The molecular weight excluding hydrogens is 272 g/mol. The molecule has 1 fully saturated rings. The summed E-state index contributed by atoms with van der Waals surface area (Å²) in [6.45, 7) is 2.03. The number of rotatable bonds is 4. The molecule has 0 unspecified atom stereocenters. The molecular formula is C10H11ClN6S. The second-order valence-electron chi connectivity index (χ2n) is 4.04. The molecule has 3 rings (SSSR count). The summed E-state index contributed by atoms with van der Waals surface area (Å²) in [6, 6.07) is 0.449. The fraction of sp³-hybridized carbons (Fsp3) is 0.500. The van der Waals surface area contributed by atoms with Crippen molar-refractivity contribution in [3.63, 3.8) is 0 Å². The van der Waals surface area contributed by atoms with Crippen molar-refractivity contribution in [3.05, 3.63) is 17.0 Å². The first-order valence-corrected chi connectivity index (χ1v) is 6.94. The Morgan fingerprint density at radius 3 is 3.00 bits per heavy atom. The average Bonchev–Trinajstić information content (AvgIpc) is 3.11. The molecule has 1 aliphatic carbocycles.